The monoisotopic (exact) mass is 359 g/mol. The molecule has 0 radical (unpaired) electrons. The number of hydrogen-bond acceptors (Lipinski definition) is 2. The van der Waals surface area contributed by atoms with Gasteiger partial charge in [0, 0.05) is 28.6 Å². The van der Waals surface area contributed by atoms with Crippen molar-refractivity contribution in [3.63, 3.8) is 0 Å². The zero-order chi connectivity index (χ0) is 17.8. The third-order valence-corrected chi connectivity index (χ3v) is 4.56. The molecule has 0 aliphatic heterocycles. The van der Waals surface area contributed by atoms with Crippen LogP contribution in [0, 0.1) is 0 Å². The highest BCUT2D eigenvalue weighted by Crippen LogP contribution is 2.23. The Morgan fingerprint density at radius 2 is 1.54 bits per heavy atom. The number of hydrogen-bond donors (Lipinski definition) is 0. The van der Waals surface area contributed by atoms with Gasteiger partial charge in [-0.25, -0.2) is 0 Å². The Bertz CT molecular complexity index is 1080. The quantitative estimate of drug-likeness (QED) is 0.445. The van der Waals surface area contributed by atoms with Crippen molar-refractivity contribution in [3.05, 3.63) is 101 Å². The van der Waals surface area contributed by atoms with Gasteiger partial charge in [0.05, 0.1) is 5.36 Å². The van der Waals surface area contributed by atoms with E-state index in [-0.39, 0.29) is 0 Å². The number of halogens is 1. The predicted molar refractivity (Wildman–Crippen MR) is 107 cm³/mol. The Kier molecular flexibility index (Phi) is 4.85. The predicted octanol–water partition coefficient (Wildman–Crippen LogP) is 5.90. The molecule has 1 aromatic heterocycles. The Balaban J connectivity index is 1.74. The number of nitrogens with zero attached hydrogens (tertiary/aromatic N) is 1. The maximum atomic E-state index is 6.09. The number of rotatable bonds is 4. The van der Waals surface area contributed by atoms with Crippen LogP contribution in [0.2, 0.25) is 5.02 Å². The van der Waals surface area contributed by atoms with Crippen LogP contribution in [0.3, 0.4) is 0 Å². The van der Waals surface area contributed by atoms with Crippen molar-refractivity contribution in [2.45, 2.75) is 6.42 Å². The van der Waals surface area contributed by atoms with Gasteiger partial charge in [0.25, 0.3) is 0 Å². The van der Waals surface area contributed by atoms with Gasteiger partial charge >= 0.3 is 0 Å². The molecule has 1 heterocycles. The smallest absolute Gasteiger partial charge is 0.136 e. The molecule has 0 unspecified atom stereocenters. The highest BCUT2D eigenvalue weighted by molar-refractivity contribution is 6.30. The van der Waals surface area contributed by atoms with Crippen LogP contribution in [-0.2, 0) is 6.42 Å². The van der Waals surface area contributed by atoms with Crippen LogP contribution in [-0.4, -0.2) is 6.54 Å². The summed E-state index contributed by atoms with van der Waals surface area (Å²) in [5.74, 6) is 0.791. The Hall–Kier alpha value is -2.84. The molecule has 0 aliphatic carbocycles. The first-order chi connectivity index (χ1) is 12.8. The van der Waals surface area contributed by atoms with Crippen molar-refractivity contribution >= 4 is 22.6 Å². The van der Waals surface area contributed by atoms with E-state index in [1.807, 2.05) is 60.7 Å². The molecule has 0 aliphatic rings. The van der Waals surface area contributed by atoms with E-state index in [0.29, 0.717) is 5.02 Å². The zero-order valence-electron chi connectivity index (χ0n) is 14.2. The average molecular weight is 360 g/mol. The van der Waals surface area contributed by atoms with Gasteiger partial charge in [0.2, 0.25) is 0 Å². The van der Waals surface area contributed by atoms with Gasteiger partial charge in [-0.2, -0.15) is 0 Å². The molecule has 2 nitrogen and oxygen atoms in total. The van der Waals surface area contributed by atoms with Crippen molar-refractivity contribution < 1.29 is 4.42 Å². The second-order valence-electron chi connectivity index (χ2n) is 6.12. The summed E-state index contributed by atoms with van der Waals surface area (Å²) in [7, 11) is 0. The molecule has 0 bridgehead atoms. The van der Waals surface area contributed by atoms with E-state index < -0.39 is 0 Å². The molecule has 0 saturated heterocycles. The van der Waals surface area contributed by atoms with Gasteiger partial charge in [-0.05, 0) is 48.4 Å². The summed E-state index contributed by atoms with van der Waals surface area (Å²) in [4.78, 5) is 4.85. The van der Waals surface area contributed by atoms with Crippen molar-refractivity contribution in [1.29, 1.82) is 0 Å². The molecule has 4 aromatic rings. The highest BCUT2D eigenvalue weighted by Gasteiger charge is 2.05. The van der Waals surface area contributed by atoms with Crippen LogP contribution in [0.1, 0.15) is 5.56 Å². The normalized spacial score (nSPS) is 11.8. The van der Waals surface area contributed by atoms with E-state index in [1.165, 1.54) is 5.56 Å². The molecule has 128 valence electrons. The first kappa shape index (κ1) is 16.6. The molecule has 26 heavy (non-hydrogen) atoms. The van der Waals surface area contributed by atoms with Crippen molar-refractivity contribution in [2.24, 2.45) is 4.99 Å². The summed E-state index contributed by atoms with van der Waals surface area (Å²) in [6, 6.07) is 28.1. The molecular formula is C23H18ClNO. The van der Waals surface area contributed by atoms with E-state index in [0.717, 1.165) is 40.6 Å². The SMILES string of the molecule is Clc1ccc(-c2cc(=NCCc3ccccc3)c3ccccc3o2)cc1. The molecule has 3 heteroatoms. The number of fused-ring (bicyclic) bond motifs is 1. The first-order valence-electron chi connectivity index (χ1n) is 8.63. The summed E-state index contributed by atoms with van der Waals surface area (Å²) in [6.07, 6.45) is 0.914. The van der Waals surface area contributed by atoms with Crippen LogP contribution in [0.25, 0.3) is 22.3 Å². The van der Waals surface area contributed by atoms with Gasteiger partial charge in [-0.1, -0.05) is 54.1 Å². The summed E-state index contributed by atoms with van der Waals surface area (Å²) in [5.41, 5.74) is 3.11. The Morgan fingerprint density at radius 3 is 2.35 bits per heavy atom. The molecule has 0 amide bonds. The van der Waals surface area contributed by atoms with Crippen LogP contribution >= 0.6 is 11.6 Å². The van der Waals surface area contributed by atoms with Crippen LogP contribution < -0.4 is 5.36 Å². The van der Waals surface area contributed by atoms with E-state index in [2.05, 4.69) is 24.3 Å². The van der Waals surface area contributed by atoms with Crippen LogP contribution in [0.15, 0.2) is 94.3 Å². The third kappa shape index (κ3) is 3.71. The Labute approximate surface area is 157 Å². The molecule has 0 saturated carbocycles. The first-order valence-corrected chi connectivity index (χ1v) is 9.01. The highest BCUT2D eigenvalue weighted by atomic mass is 35.5. The van der Waals surface area contributed by atoms with Gasteiger partial charge < -0.3 is 4.42 Å². The standard InChI is InChI=1S/C23H18ClNO/c24-19-12-10-18(11-13-19)23-16-21(20-8-4-5-9-22(20)26-23)25-15-14-17-6-2-1-3-7-17/h1-13,16H,14-15H2. The minimum Gasteiger partial charge on any atom is -0.456 e. The largest absolute Gasteiger partial charge is 0.456 e. The molecule has 3 aromatic carbocycles. The number of benzene rings is 3. The summed E-state index contributed by atoms with van der Waals surface area (Å²) in [6.45, 7) is 0.734. The fourth-order valence-corrected chi connectivity index (χ4v) is 3.08. The molecule has 0 spiro atoms. The molecule has 0 atom stereocenters. The minimum atomic E-state index is 0.710. The zero-order valence-corrected chi connectivity index (χ0v) is 15.0. The summed E-state index contributed by atoms with van der Waals surface area (Å²) >= 11 is 6.00. The second-order valence-corrected chi connectivity index (χ2v) is 6.55. The lowest BCUT2D eigenvalue weighted by molar-refractivity contribution is 0.618. The second kappa shape index (κ2) is 7.59. The van der Waals surface area contributed by atoms with Crippen molar-refractivity contribution in [2.75, 3.05) is 6.54 Å². The summed E-state index contributed by atoms with van der Waals surface area (Å²) in [5, 5.41) is 2.69. The minimum absolute atomic E-state index is 0.710. The van der Waals surface area contributed by atoms with Gasteiger partial charge in [0.1, 0.15) is 11.3 Å². The fraction of sp³-hybridized carbons (Fsp3) is 0.0870. The van der Waals surface area contributed by atoms with Gasteiger partial charge in [0.15, 0.2) is 0 Å². The molecule has 0 fully saturated rings. The van der Waals surface area contributed by atoms with E-state index in [4.69, 9.17) is 21.0 Å². The lowest BCUT2D eigenvalue weighted by Gasteiger charge is -2.05. The third-order valence-electron chi connectivity index (χ3n) is 4.30. The van der Waals surface area contributed by atoms with E-state index >= 15 is 0 Å². The van der Waals surface area contributed by atoms with Crippen molar-refractivity contribution in [3.8, 4) is 11.3 Å². The molecular weight excluding hydrogens is 342 g/mol. The summed E-state index contributed by atoms with van der Waals surface area (Å²) < 4.78 is 6.09. The molecule has 0 N–H and O–H groups in total. The van der Waals surface area contributed by atoms with Gasteiger partial charge in [-0.15, -0.1) is 0 Å². The maximum absolute atomic E-state index is 6.09. The van der Waals surface area contributed by atoms with Gasteiger partial charge in [-0.3, -0.25) is 4.99 Å². The van der Waals surface area contributed by atoms with E-state index in [9.17, 15) is 0 Å². The maximum Gasteiger partial charge on any atom is 0.136 e. The van der Waals surface area contributed by atoms with Crippen molar-refractivity contribution in [1.82, 2.24) is 0 Å². The fourth-order valence-electron chi connectivity index (χ4n) is 2.95. The lowest BCUT2D eigenvalue weighted by atomic mass is 10.1. The lowest BCUT2D eigenvalue weighted by Crippen LogP contribution is -2.06. The average Bonchev–Trinajstić information content (AvgIpc) is 2.69. The van der Waals surface area contributed by atoms with E-state index in [1.54, 1.807) is 0 Å². The number of para-hydroxylation sites is 1. The molecule has 4 rings (SSSR count). The van der Waals surface area contributed by atoms with Crippen LogP contribution in [0.5, 0.6) is 0 Å². The topological polar surface area (TPSA) is 25.5 Å². The Morgan fingerprint density at radius 1 is 0.808 bits per heavy atom. The van der Waals surface area contributed by atoms with Crippen LogP contribution in [0.4, 0.5) is 0 Å².